The smallest absolute Gasteiger partial charge is 0.272 e. The predicted octanol–water partition coefficient (Wildman–Crippen LogP) is 2.88. The van der Waals surface area contributed by atoms with E-state index in [-0.39, 0.29) is 11.8 Å². The summed E-state index contributed by atoms with van der Waals surface area (Å²) >= 11 is 0. The molecule has 2 N–H and O–H groups in total. The molecule has 4 aliphatic rings. The van der Waals surface area contributed by atoms with Crippen LogP contribution in [-0.2, 0) is 4.74 Å². The Morgan fingerprint density at radius 3 is 2.62 bits per heavy atom. The second-order valence-electron chi connectivity index (χ2n) is 11.4. The van der Waals surface area contributed by atoms with Crippen LogP contribution in [0.5, 0.6) is 5.75 Å². The summed E-state index contributed by atoms with van der Waals surface area (Å²) in [6.45, 7) is 3.76. The molecule has 12 heteroatoms. The third kappa shape index (κ3) is 4.33. The van der Waals surface area contributed by atoms with Gasteiger partial charge in [0, 0.05) is 55.7 Å². The average Bonchev–Trinajstić information content (AvgIpc) is 3.73. The second-order valence-corrected chi connectivity index (χ2v) is 11.4. The van der Waals surface area contributed by atoms with E-state index >= 15 is 0 Å². The molecule has 42 heavy (non-hydrogen) atoms. The normalized spacial score (nSPS) is 19.9. The minimum atomic E-state index is -0.870. The zero-order valence-corrected chi connectivity index (χ0v) is 23.0. The van der Waals surface area contributed by atoms with Crippen molar-refractivity contribution in [3.63, 3.8) is 0 Å². The number of pyridine rings is 1. The zero-order chi connectivity index (χ0) is 28.3. The number of fused-ring (bicyclic) bond motifs is 2. The fourth-order valence-corrected chi connectivity index (χ4v) is 6.35. The Bertz CT molecular complexity index is 1690. The van der Waals surface area contributed by atoms with E-state index in [1.54, 1.807) is 12.1 Å². The number of nitrogens with one attached hydrogen (secondary N) is 2. The van der Waals surface area contributed by atoms with Crippen molar-refractivity contribution in [3.8, 4) is 17.1 Å². The maximum Gasteiger partial charge on any atom is 0.272 e. The Morgan fingerprint density at radius 2 is 1.86 bits per heavy atom. The maximum absolute atomic E-state index is 13.9. The number of benzene rings is 2. The lowest BCUT2D eigenvalue weighted by atomic mass is 9.96. The van der Waals surface area contributed by atoms with Crippen LogP contribution < -0.4 is 15.0 Å². The summed E-state index contributed by atoms with van der Waals surface area (Å²) in [6, 6.07) is 13.6. The molecule has 0 bridgehead atoms. The molecule has 2 amide bonds. The van der Waals surface area contributed by atoms with Crippen molar-refractivity contribution in [1.82, 2.24) is 35.8 Å². The standard InChI is InChI=1S/C30H30N8O4/c39-28-22-16-19(27-33-35-36-34-27)6-7-25(22)42-30(32-28)8-10-38(11-9-30)29(40)23-17-24(37-12-14-41-15-13-37)21-3-1-2-20(18-4-5-18)26(21)31-23/h1-3,6-7,16-18H,4-5,8-15H2,(H,32,39)(H,33,34,35,36). The number of para-hydroxylation sites is 1. The topological polar surface area (TPSA) is 138 Å². The first kappa shape index (κ1) is 25.2. The number of carbonyl (C=O) groups is 2. The first-order chi connectivity index (χ1) is 20.6. The molecule has 0 radical (unpaired) electrons. The van der Waals surface area contributed by atoms with Gasteiger partial charge >= 0.3 is 0 Å². The highest BCUT2D eigenvalue weighted by Gasteiger charge is 2.44. The first-order valence-corrected chi connectivity index (χ1v) is 14.5. The van der Waals surface area contributed by atoms with Gasteiger partial charge in [0.1, 0.15) is 11.4 Å². The molecular formula is C30H30N8O4. The Hall–Kier alpha value is -4.58. The monoisotopic (exact) mass is 566 g/mol. The summed E-state index contributed by atoms with van der Waals surface area (Å²) in [7, 11) is 0. The molecule has 0 atom stereocenters. The summed E-state index contributed by atoms with van der Waals surface area (Å²) in [5.74, 6) is 1.18. The fourth-order valence-electron chi connectivity index (χ4n) is 6.35. The fraction of sp³-hybridized carbons (Fsp3) is 0.400. The number of hydrogen-bond donors (Lipinski definition) is 2. The minimum absolute atomic E-state index is 0.0975. The van der Waals surface area contributed by atoms with Gasteiger partial charge in [0.05, 0.1) is 24.3 Å². The Kier molecular flexibility index (Phi) is 5.85. The molecule has 12 nitrogen and oxygen atoms in total. The van der Waals surface area contributed by atoms with Crippen molar-refractivity contribution in [2.24, 2.45) is 0 Å². The lowest BCUT2D eigenvalue weighted by molar-refractivity contribution is -0.0246. The van der Waals surface area contributed by atoms with Crippen molar-refractivity contribution in [2.75, 3.05) is 44.3 Å². The molecule has 3 aliphatic heterocycles. The number of hydrogen-bond acceptors (Lipinski definition) is 9. The van der Waals surface area contributed by atoms with Gasteiger partial charge in [0.25, 0.3) is 11.8 Å². The number of amides is 2. The highest BCUT2D eigenvalue weighted by Crippen LogP contribution is 2.44. The van der Waals surface area contributed by atoms with Gasteiger partial charge in [-0.05, 0) is 59.0 Å². The molecule has 2 aromatic heterocycles. The van der Waals surface area contributed by atoms with Crippen LogP contribution in [0, 0.1) is 0 Å². The van der Waals surface area contributed by atoms with E-state index in [9.17, 15) is 9.59 Å². The molecule has 1 aliphatic carbocycles. The number of aromatic amines is 1. The van der Waals surface area contributed by atoms with Crippen molar-refractivity contribution in [3.05, 3.63) is 59.3 Å². The lowest BCUT2D eigenvalue weighted by Gasteiger charge is -2.44. The van der Waals surface area contributed by atoms with Gasteiger partial charge in [-0.25, -0.2) is 10.1 Å². The van der Waals surface area contributed by atoms with Crippen molar-refractivity contribution >= 4 is 28.4 Å². The van der Waals surface area contributed by atoms with Crippen molar-refractivity contribution < 1.29 is 19.1 Å². The highest BCUT2D eigenvalue weighted by molar-refractivity contribution is 6.02. The molecule has 8 rings (SSSR count). The van der Waals surface area contributed by atoms with Gasteiger partial charge in [-0.3, -0.25) is 9.59 Å². The third-order valence-corrected chi connectivity index (χ3v) is 8.78. The molecular weight excluding hydrogens is 536 g/mol. The van der Waals surface area contributed by atoms with E-state index in [2.05, 4.69) is 49.0 Å². The number of ether oxygens (including phenoxy) is 2. The van der Waals surface area contributed by atoms with E-state index < -0.39 is 5.72 Å². The number of tetrazole rings is 1. The average molecular weight is 567 g/mol. The number of carbonyl (C=O) groups excluding carboxylic acids is 2. The zero-order valence-electron chi connectivity index (χ0n) is 23.0. The Balaban J connectivity index is 1.05. The van der Waals surface area contributed by atoms with Crippen molar-refractivity contribution in [2.45, 2.75) is 37.3 Å². The summed E-state index contributed by atoms with van der Waals surface area (Å²) in [5.41, 5.74) is 3.91. The summed E-state index contributed by atoms with van der Waals surface area (Å²) < 4.78 is 12.0. The van der Waals surface area contributed by atoms with Crippen LogP contribution in [0.15, 0.2) is 42.5 Å². The van der Waals surface area contributed by atoms with Crippen LogP contribution in [0.25, 0.3) is 22.3 Å². The highest BCUT2D eigenvalue weighted by atomic mass is 16.5. The van der Waals surface area contributed by atoms with E-state index in [4.69, 9.17) is 14.5 Å². The molecule has 0 unspecified atom stereocenters. The van der Waals surface area contributed by atoms with Gasteiger partial charge in [-0.15, -0.1) is 5.10 Å². The molecule has 5 heterocycles. The molecule has 4 aromatic rings. The largest absolute Gasteiger partial charge is 0.467 e. The van der Waals surface area contributed by atoms with Gasteiger partial charge in [0.2, 0.25) is 0 Å². The van der Waals surface area contributed by atoms with Crippen LogP contribution >= 0.6 is 0 Å². The van der Waals surface area contributed by atoms with Crippen LogP contribution in [0.3, 0.4) is 0 Å². The third-order valence-electron chi connectivity index (χ3n) is 8.78. The van der Waals surface area contributed by atoms with Crippen LogP contribution in [0.1, 0.15) is 58.0 Å². The Labute approximate surface area is 241 Å². The van der Waals surface area contributed by atoms with Gasteiger partial charge in [0.15, 0.2) is 11.5 Å². The number of aromatic nitrogens is 5. The second kappa shape index (κ2) is 9.76. The summed E-state index contributed by atoms with van der Waals surface area (Å²) in [6.07, 6.45) is 3.25. The van der Waals surface area contributed by atoms with Crippen LogP contribution in [-0.4, -0.2) is 87.4 Å². The molecule has 214 valence electrons. The minimum Gasteiger partial charge on any atom is -0.467 e. The quantitative estimate of drug-likeness (QED) is 0.382. The summed E-state index contributed by atoms with van der Waals surface area (Å²) in [4.78, 5) is 36.2. The summed E-state index contributed by atoms with van der Waals surface area (Å²) in [5, 5.41) is 18.0. The van der Waals surface area contributed by atoms with E-state index in [0.29, 0.717) is 73.5 Å². The predicted molar refractivity (Wildman–Crippen MR) is 152 cm³/mol. The van der Waals surface area contributed by atoms with E-state index in [0.717, 1.165) is 42.5 Å². The van der Waals surface area contributed by atoms with E-state index in [1.807, 2.05) is 17.0 Å². The van der Waals surface area contributed by atoms with Gasteiger partial charge in [-0.1, -0.05) is 18.2 Å². The Morgan fingerprint density at radius 1 is 1.02 bits per heavy atom. The van der Waals surface area contributed by atoms with Crippen LogP contribution in [0.4, 0.5) is 5.69 Å². The molecule has 3 fully saturated rings. The molecule has 2 saturated heterocycles. The number of anilines is 1. The lowest BCUT2D eigenvalue weighted by Crippen LogP contribution is -2.61. The SMILES string of the molecule is O=C1NC2(CCN(C(=O)c3cc(N4CCOCC4)c4cccc(C5CC5)c4n3)CC2)Oc2ccc(-c3nnn[nH]3)cc21. The number of H-pyrrole nitrogens is 1. The number of rotatable bonds is 4. The number of nitrogens with zero attached hydrogens (tertiary/aromatic N) is 6. The number of piperidine rings is 1. The van der Waals surface area contributed by atoms with Gasteiger partial charge in [-0.2, -0.15) is 0 Å². The number of morpholine rings is 1. The molecule has 2 aromatic carbocycles. The van der Waals surface area contributed by atoms with Gasteiger partial charge < -0.3 is 24.6 Å². The molecule has 1 saturated carbocycles. The van der Waals surface area contributed by atoms with Crippen molar-refractivity contribution in [1.29, 1.82) is 0 Å². The van der Waals surface area contributed by atoms with Crippen LogP contribution in [0.2, 0.25) is 0 Å². The maximum atomic E-state index is 13.9. The first-order valence-electron chi connectivity index (χ1n) is 14.5. The van der Waals surface area contributed by atoms with E-state index in [1.165, 1.54) is 5.56 Å². The number of likely N-dealkylation sites (tertiary alicyclic amines) is 1. The molecule has 1 spiro atoms.